The molecule has 0 radical (unpaired) electrons. The molecular weight excluding hydrogens is 444 g/mol. The van der Waals surface area contributed by atoms with E-state index in [1.165, 1.54) is 35.5 Å². The lowest BCUT2D eigenvalue weighted by Gasteiger charge is -2.20. The third kappa shape index (κ3) is 4.66. The van der Waals surface area contributed by atoms with E-state index in [-0.39, 0.29) is 11.4 Å². The molecule has 0 saturated carbocycles. The molecule has 3 aromatic carbocycles. The van der Waals surface area contributed by atoms with Gasteiger partial charge in [-0.2, -0.15) is 0 Å². The molecular formula is C24H22N2O4S2. The second-order valence-electron chi connectivity index (χ2n) is 7.32. The van der Waals surface area contributed by atoms with Crippen LogP contribution in [0.2, 0.25) is 0 Å². The van der Waals surface area contributed by atoms with Crippen LogP contribution in [0.25, 0.3) is 10.2 Å². The molecule has 0 bridgehead atoms. The Morgan fingerprint density at radius 1 is 1.00 bits per heavy atom. The van der Waals surface area contributed by atoms with E-state index >= 15 is 0 Å². The highest BCUT2D eigenvalue weighted by molar-refractivity contribution is 7.92. The highest BCUT2D eigenvalue weighted by atomic mass is 32.2. The third-order valence-electron chi connectivity index (χ3n) is 5.06. The largest absolute Gasteiger partial charge is 0.497 e. The number of nitrogens with zero attached hydrogens (tertiary/aromatic N) is 2. The van der Waals surface area contributed by atoms with Crippen LogP contribution in [0.4, 0.5) is 5.13 Å². The number of fused-ring (bicyclic) bond motifs is 1. The summed E-state index contributed by atoms with van der Waals surface area (Å²) in [5.74, 6) is -0.631. The average Bonchev–Trinajstić information content (AvgIpc) is 3.23. The van der Waals surface area contributed by atoms with Crippen LogP contribution < -0.4 is 9.64 Å². The van der Waals surface area contributed by atoms with Crippen molar-refractivity contribution in [1.82, 2.24) is 4.98 Å². The molecule has 164 valence electrons. The van der Waals surface area contributed by atoms with Gasteiger partial charge in [0.1, 0.15) is 11.5 Å². The van der Waals surface area contributed by atoms with Crippen LogP contribution in [-0.4, -0.2) is 32.2 Å². The second-order valence-corrected chi connectivity index (χ2v) is 10.3. The molecule has 8 heteroatoms. The van der Waals surface area contributed by atoms with Crippen molar-refractivity contribution in [3.63, 3.8) is 0 Å². The number of aromatic nitrogens is 1. The van der Waals surface area contributed by atoms with E-state index in [2.05, 4.69) is 4.98 Å². The summed E-state index contributed by atoms with van der Waals surface area (Å²) in [6, 6.07) is 21.3. The fourth-order valence-electron chi connectivity index (χ4n) is 3.33. The summed E-state index contributed by atoms with van der Waals surface area (Å²) in [7, 11) is -2.33. The van der Waals surface area contributed by atoms with E-state index in [0.717, 1.165) is 21.3 Å². The smallest absolute Gasteiger partial charge is 0.244 e. The molecule has 0 N–H and O–H groups in total. The molecule has 0 aliphatic heterocycles. The van der Waals surface area contributed by atoms with Crippen molar-refractivity contribution < 1.29 is 17.9 Å². The van der Waals surface area contributed by atoms with Gasteiger partial charge in [-0.05, 0) is 48.4 Å². The van der Waals surface area contributed by atoms with Crippen molar-refractivity contribution in [2.75, 3.05) is 17.8 Å². The van der Waals surface area contributed by atoms with Crippen LogP contribution in [0.5, 0.6) is 5.75 Å². The van der Waals surface area contributed by atoms with Gasteiger partial charge in [0, 0.05) is 0 Å². The van der Waals surface area contributed by atoms with Crippen LogP contribution >= 0.6 is 11.3 Å². The van der Waals surface area contributed by atoms with Crippen molar-refractivity contribution in [1.29, 1.82) is 0 Å². The van der Waals surface area contributed by atoms with Gasteiger partial charge in [0.25, 0.3) is 0 Å². The lowest BCUT2D eigenvalue weighted by atomic mass is 10.2. The van der Waals surface area contributed by atoms with Crippen molar-refractivity contribution in [3.05, 3.63) is 83.9 Å². The zero-order chi connectivity index (χ0) is 22.7. The zero-order valence-electron chi connectivity index (χ0n) is 17.7. The van der Waals surface area contributed by atoms with Crippen LogP contribution in [0, 0.1) is 6.92 Å². The molecule has 6 nitrogen and oxygen atoms in total. The van der Waals surface area contributed by atoms with E-state index in [4.69, 9.17) is 4.74 Å². The first-order chi connectivity index (χ1) is 15.4. The third-order valence-corrected chi connectivity index (χ3v) is 7.72. The Morgan fingerprint density at radius 3 is 2.38 bits per heavy atom. The Labute approximate surface area is 191 Å². The van der Waals surface area contributed by atoms with E-state index in [1.807, 2.05) is 55.5 Å². The molecule has 0 aliphatic rings. The normalized spacial score (nSPS) is 11.4. The highest BCUT2D eigenvalue weighted by Gasteiger charge is 2.27. The molecule has 1 amide bonds. The summed E-state index contributed by atoms with van der Waals surface area (Å²) in [5.41, 5.74) is 2.71. The minimum absolute atomic E-state index is 0.0754. The molecule has 0 aliphatic carbocycles. The number of carbonyl (C=O) groups excluding carboxylic acids is 1. The molecule has 0 spiro atoms. The topological polar surface area (TPSA) is 76.6 Å². The van der Waals surface area contributed by atoms with E-state index < -0.39 is 21.5 Å². The summed E-state index contributed by atoms with van der Waals surface area (Å²) in [4.78, 5) is 19.5. The van der Waals surface area contributed by atoms with Gasteiger partial charge in [0.2, 0.25) is 5.91 Å². The Bertz CT molecular complexity index is 1350. The first kappa shape index (κ1) is 22.0. The number of carbonyl (C=O) groups is 1. The molecule has 1 aromatic heterocycles. The number of para-hydroxylation sites is 1. The zero-order valence-corrected chi connectivity index (χ0v) is 19.3. The number of hydrogen-bond donors (Lipinski definition) is 0. The Balaban J connectivity index is 1.68. The Morgan fingerprint density at radius 2 is 1.72 bits per heavy atom. The lowest BCUT2D eigenvalue weighted by Crippen LogP contribution is -2.35. The number of anilines is 1. The monoisotopic (exact) mass is 466 g/mol. The number of aryl methyl sites for hydroxylation is 1. The van der Waals surface area contributed by atoms with Gasteiger partial charge >= 0.3 is 0 Å². The Hall–Kier alpha value is -3.23. The highest BCUT2D eigenvalue weighted by Crippen LogP contribution is 2.32. The van der Waals surface area contributed by atoms with Crippen LogP contribution in [0.3, 0.4) is 0 Å². The molecule has 0 saturated heterocycles. The summed E-state index contributed by atoms with van der Waals surface area (Å²) < 4.78 is 31.9. The van der Waals surface area contributed by atoms with Crippen molar-refractivity contribution in [3.8, 4) is 5.75 Å². The maximum absolute atomic E-state index is 13.3. The number of thiazole rings is 1. The number of ether oxygens (including phenoxy) is 1. The quantitative estimate of drug-likeness (QED) is 0.397. The summed E-state index contributed by atoms with van der Waals surface area (Å²) >= 11 is 1.38. The number of hydrogen-bond acceptors (Lipinski definition) is 6. The predicted molar refractivity (Wildman–Crippen MR) is 127 cm³/mol. The number of sulfone groups is 1. The molecule has 0 fully saturated rings. The maximum Gasteiger partial charge on any atom is 0.244 e. The van der Waals surface area contributed by atoms with Gasteiger partial charge < -0.3 is 4.74 Å². The number of methoxy groups -OCH3 is 1. The summed E-state index contributed by atoms with van der Waals surface area (Å²) in [5, 5.41) is 0.480. The fourth-order valence-corrected chi connectivity index (χ4v) is 5.58. The van der Waals surface area contributed by atoms with Crippen LogP contribution in [0.1, 0.15) is 11.1 Å². The number of rotatable bonds is 7. The minimum atomic E-state index is -3.84. The first-order valence-electron chi connectivity index (χ1n) is 9.94. The SMILES string of the molecule is COc1ccc(S(=O)(=O)CC(=O)N(Cc2ccccc2)c2nc3c(C)cccc3s2)cc1. The maximum atomic E-state index is 13.3. The van der Waals surface area contributed by atoms with E-state index in [1.54, 1.807) is 12.1 Å². The van der Waals surface area contributed by atoms with Crippen LogP contribution in [0.15, 0.2) is 77.7 Å². The minimum Gasteiger partial charge on any atom is -0.497 e. The fraction of sp³-hybridized carbons (Fsp3) is 0.167. The average molecular weight is 467 g/mol. The number of benzene rings is 3. The molecule has 0 atom stereocenters. The van der Waals surface area contributed by atoms with Crippen molar-refractivity contribution in [2.24, 2.45) is 0 Å². The Kier molecular flexibility index (Phi) is 6.25. The van der Waals surface area contributed by atoms with Crippen molar-refractivity contribution >= 4 is 42.4 Å². The van der Waals surface area contributed by atoms with Gasteiger partial charge in [0.05, 0.1) is 28.8 Å². The molecule has 32 heavy (non-hydrogen) atoms. The standard InChI is InChI=1S/C24H22N2O4S2/c1-17-7-6-10-21-23(17)25-24(31-21)26(15-18-8-4-3-5-9-18)22(27)16-32(28,29)20-13-11-19(30-2)12-14-20/h3-14H,15-16H2,1-2H3. The molecule has 4 aromatic rings. The van der Waals surface area contributed by atoms with E-state index in [0.29, 0.717) is 10.9 Å². The van der Waals surface area contributed by atoms with E-state index in [9.17, 15) is 13.2 Å². The lowest BCUT2D eigenvalue weighted by molar-refractivity contribution is -0.116. The summed E-state index contributed by atoms with van der Waals surface area (Å²) in [6.07, 6.45) is 0. The molecule has 1 heterocycles. The first-order valence-corrected chi connectivity index (χ1v) is 12.4. The van der Waals surface area contributed by atoms with Gasteiger partial charge in [-0.3, -0.25) is 9.69 Å². The predicted octanol–water partition coefficient (Wildman–Crippen LogP) is 4.62. The second kappa shape index (κ2) is 9.10. The molecule has 0 unspecified atom stereocenters. The van der Waals surface area contributed by atoms with Crippen molar-refractivity contribution in [2.45, 2.75) is 18.4 Å². The molecule has 4 rings (SSSR count). The van der Waals surface area contributed by atoms with Gasteiger partial charge in [-0.15, -0.1) is 0 Å². The summed E-state index contributed by atoms with van der Waals surface area (Å²) in [6.45, 7) is 2.19. The number of amides is 1. The van der Waals surface area contributed by atoms with Gasteiger partial charge in [0.15, 0.2) is 15.0 Å². The van der Waals surface area contributed by atoms with Gasteiger partial charge in [-0.1, -0.05) is 53.8 Å². The van der Waals surface area contributed by atoms with Gasteiger partial charge in [-0.25, -0.2) is 13.4 Å². The van der Waals surface area contributed by atoms with Crippen LogP contribution in [-0.2, 0) is 21.2 Å².